The van der Waals surface area contributed by atoms with Crippen molar-refractivity contribution in [3.05, 3.63) is 0 Å². The van der Waals surface area contributed by atoms with Gasteiger partial charge in [-0.1, -0.05) is 20.8 Å². The molecule has 4 heteroatoms. The molecule has 62 valence electrons. The van der Waals surface area contributed by atoms with Crippen molar-refractivity contribution in [2.24, 2.45) is 17.0 Å². The van der Waals surface area contributed by atoms with E-state index in [1.54, 1.807) is 0 Å². The molecule has 0 fully saturated rings. The largest absolute Gasteiger partial charge is 0.303 e. The van der Waals surface area contributed by atoms with Gasteiger partial charge in [0.05, 0.1) is 0 Å². The van der Waals surface area contributed by atoms with Crippen LogP contribution in [0.3, 0.4) is 0 Å². The molecule has 0 aliphatic carbocycles. The van der Waals surface area contributed by atoms with Crippen LogP contribution in [0.4, 0.5) is 0 Å². The highest BCUT2D eigenvalue weighted by Crippen LogP contribution is 2.06. The Morgan fingerprint density at radius 1 is 1.50 bits per heavy atom. The van der Waals surface area contributed by atoms with Gasteiger partial charge < -0.3 is 4.55 Å². The third-order valence-electron chi connectivity index (χ3n) is 1.46. The van der Waals surface area contributed by atoms with Gasteiger partial charge in [-0.2, -0.15) is 0 Å². The Balaban J connectivity index is 4.29. The fourth-order valence-electron chi connectivity index (χ4n) is 0.465. The minimum Gasteiger partial charge on any atom is -0.303 e. The summed E-state index contributed by atoms with van der Waals surface area (Å²) in [6.45, 7) is 5.83. The lowest BCUT2D eigenvalue weighted by molar-refractivity contribution is 0.534. The smallest absolute Gasteiger partial charge is 0.138 e. The maximum atomic E-state index is 10.6. The molecule has 0 radical (unpaired) electrons. The Kier molecular flexibility index (Phi) is 3.35. The highest BCUT2D eigenvalue weighted by atomic mass is 32.2. The number of rotatable bonds is 2. The Labute approximate surface area is 62.6 Å². The van der Waals surface area contributed by atoms with Crippen LogP contribution in [0.2, 0.25) is 0 Å². The van der Waals surface area contributed by atoms with E-state index in [1.165, 1.54) is 5.37 Å². The van der Waals surface area contributed by atoms with Gasteiger partial charge in [-0.15, -0.1) is 0 Å². The van der Waals surface area contributed by atoms with Crippen molar-refractivity contribution in [1.29, 1.82) is 0 Å². The molecule has 0 amide bonds. The van der Waals surface area contributed by atoms with Crippen molar-refractivity contribution in [3.8, 4) is 0 Å². The standard InChI is InChI=1S/C6H15NO2S/c1-5(2)6(3)4-10(7,8)9/h4-6H,1-3H3,(H3,7,8,9). The van der Waals surface area contributed by atoms with Crippen LogP contribution < -0.4 is 5.14 Å². The van der Waals surface area contributed by atoms with Crippen LogP contribution in [0.25, 0.3) is 0 Å². The van der Waals surface area contributed by atoms with Crippen LogP contribution in [-0.4, -0.2) is 14.1 Å². The minimum atomic E-state index is -3.14. The maximum absolute atomic E-state index is 10.6. The first-order valence-corrected chi connectivity index (χ1v) is 4.86. The van der Waals surface area contributed by atoms with Gasteiger partial charge in [0, 0.05) is 5.37 Å². The molecular formula is C6H15NO2S. The fourth-order valence-corrected chi connectivity index (χ4v) is 1.39. The first kappa shape index (κ1) is 9.94. The highest BCUT2D eigenvalue weighted by molar-refractivity contribution is 7.94. The van der Waals surface area contributed by atoms with E-state index >= 15 is 0 Å². The van der Waals surface area contributed by atoms with Crippen molar-refractivity contribution >= 4 is 15.4 Å². The summed E-state index contributed by atoms with van der Waals surface area (Å²) in [5, 5.41) is 6.19. The van der Waals surface area contributed by atoms with Crippen molar-refractivity contribution in [2.45, 2.75) is 20.8 Å². The van der Waals surface area contributed by atoms with Crippen molar-refractivity contribution in [3.63, 3.8) is 0 Å². The van der Waals surface area contributed by atoms with Crippen LogP contribution in [0.5, 0.6) is 0 Å². The van der Waals surface area contributed by atoms with Crippen molar-refractivity contribution < 1.29 is 8.76 Å². The van der Waals surface area contributed by atoms with Gasteiger partial charge in [0.1, 0.15) is 9.99 Å². The molecule has 0 aromatic heterocycles. The number of nitrogens with two attached hydrogens (primary N) is 1. The van der Waals surface area contributed by atoms with Gasteiger partial charge in [0.25, 0.3) is 0 Å². The normalized spacial score (nSPS) is 20.2. The summed E-state index contributed by atoms with van der Waals surface area (Å²) in [5.74, 6) is 0.444. The maximum Gasteiger partial charge on any atom is 0.138 e. The summed E-state index contributed by atoms with van der Waals surface area (Å²) in [6.07, 6.45) is 0. The van der Waals surface area contributed by atoms with Gasteiger partial charge in [0.15, 0.2) is 0 Å². The molecule has 2 atom stereocenters. The van der Waals surface area contributed by atoms with Crippen LogP contribution in [-0.2, 0) is 9.99 Å². The Hall–Kier alpha value is -0.0600. The van der Waals surface area contributed by atoms with Gasteiger partial charge in [-0.25, -0.2) is 9.35 Å². The molecule has 3 N–H and O–H groups in total. The molecule has 10 heavy (non-hydrogen) atoms. The molecule has 0 saturated heterocycles. The van der Waals surface area contributed by atoms with E-state index in [0.717, 1.165) is 0 Å². The van der Waals surface area contributed by atoms with Gasteiger partial charge in [-0.05, 0) is 11.8 Å². The zero-order valence-electron chi connectivity index (χ0n) is 6.57. The average Bonchev–Trinajstić information content (AvgIpc) is 1.60. The monoisotopic (exact) mass is 165 g/mol. The van der Waals surface area contributed by atoms with Gasteiger partial charge >= 0.3 is 0 Å². The van der Waals surface area contributed by atoms with Crippen LogP contribution in [0.15, 0.2) is 0 Å². The topological polar surface area (TPSA) is 63.3 Å². The molecule has 0 spiro atoms. The predicted octanol–water partition coefficient (Wildman–Crippen LogP) is 0.712. The van der Waals surface area contributed by atoms with Gasteiger partial charge in [-0.3, -0.25) is 0 Å². The summed E-state index contributed by atoms with van der Waals surface area (Å²) in [5.41, 5.74) is 0. The van der Waals surface area contributed by atoms with Crippen LogP contribution >= 0.6 is 0 Å². The Bertz CT molecular complexity index is 196. The summed E-state index contributed by atoms with van der Waals surface area (Å²) in [4.78, 5) is 0. The molecule has 0 aromatic carbocycles. The first-order chi connectivity index (χ1) is 4.33. The molecule has 0 bridgehead atoms. The molecule has 0 saturated carbocycles. The van der Waals surface area contributed by atoms with E-state index in [-0.39, 0.29) is 5.92 Å². The van der Waals surface area contributed by atoms with Crippen molar-refractivity contribution in [1.82, 2.24) is 0 Å². The zero-order chi connectivity index (χ0) is 8.36. The number of hydrogen-bond donors (Lipinski definition) is 2. The lowest BCUT2D eigenvalue weighted by Crippen LogP contribution is -2.19. The molecular weight excluding hydrogens is 150 g/mol. The molecule has 0 aliphatic heterocycles. The third-order valence-corrected chi connectivity index (χ3v) is 2.28. The summed E-state index contributed by atoms with van der Waals surface area (Å²) < 4.78 is 19.3. The number of hydrogen-bond acceptors (Lipinski definition) is 1. The first-order valence-electron chi connectivity index (χ1n) is 3.22. The molecule has 0 heterocycles. The van der Waals surface area contributed by atoms with E-state index in [2.05, 4.69) is 0 Å². The quantitative estimate of drug-likeness (QED) is 0.592. The lowest BCUT2D eigenvalue weighted by Gasteiger charge is -2.09. The van der Waals surface area contributed by atoms with E-state index in [1.807, 2.05) is 20.8 Å². The molecule has 3 nitrogen and oxygen atoms in total. The zero-order valence-corrected chi connectivity index (χ0v) is 7.39. The SMILES string of the molecule is CC(C)C(C)C=S(N)(=O)O. The fraction of sp³-hybridized carbons (Fsp3) is 0.833. The van der Waals surface area contributed by atoms with E-state index in [9.17, 15) is 4.21 Å². The van der Waals surface area contributed by atoms with Crippen LogP contribution in [0, 0.1) is 11.8 Å². The summed E-state index contributed by atoms with van der Waals surface area (Å²) in [6, 6.07) is 0. The summed E-state index contributed by atoms with van der Waals surface area (Å²) >= 11 is 0. The molecule has 0 rings (SSSR count). The van der Waals surface area contributed by atoms with E-state index < -0.39 is 9.99 Å². The van der Waals surface area contributed by atoms with E-state index in [0.29, 0.717) is 5.92 Å². The lowest BCUT2D eigenvalue weighted by atomic mass is 10.0. The minimum absolute atomic E-state index is 0.0856. The molecule has 0 aliphatic rings. The Morgan fingerprint density at radius 3 is 2.00 bits per heavy atom. The second-order valence-electron chi connectivity index (χ2n) is 2.85. The Morgan fingerprint density at radius 2 is 1.90 bits per heavy atom. The molecule has 2 unspecified atom stereocenters. The highest BCUT2D eigenvalue weighted by Gasteiger charge is 2.05. The van der Waals surface area contributed by atoms with E-state index in [4.69, 9.17) is 9.69 Å². The van der Waals surface area contributed by atoms with Gasteiger partial charge in [0.2, 0.25) is 0 Å². The average molecular weight is 165 g/mol. The summed E-state index contributed by atoms with van der Waals surface area (Å²) in [7, 11) is -3.14. The van der Waals surface area contributed by atoms with Crippen molar-refractivity contribution in [2.75, 3.05) is 0 Å². The molecule has 0 aromatic rings. The second-order valence-corrected chi connectivity index (χ2v) is 4.35. The van der Waals surface area contributed by atoms with Crippen LogP contribution in [0.1, 0.15) is 20.8 Å². The third kappa shape index (κ3) is 4.78. The second kappa shape index (κ2) is 3.37. The predicted molar refractivity (Wildman–Crippen MR) is 45.0 cm³/mol.